The van der Waals surface area contributed by atoms with E-state index in [-0.39, 0.29) is 24.5 Å². The van der Waals surface area contributed by atoms with Gasteiger partial charge < -0.3 is 9.67 Å². The molecular formula is C28H25Cl2F6NO2. The van der Waals surface area contributed by atoms with Gasteiger partial charge in [-0.3, -0.25) is 4.79 Å². The number of carboxylic acids is 1. The van der Waals surface area contributed by atoms with E-state index in [1.807, 2.05) is 0 Å². The van der Waals surface area contributed by atoms with Crippen molar-refractivity contribution < 1.29 is 36.2 Å². The van der Waals surface area contributed by atoms with Crippen LogP contribution in [0.25, 0.3) is 11.1 Å². The Kier molecular flexibility index (Phi) is 8.34. The number of benzene rings is 2. The highest BCUT2D eigenvalue weighted by atomic mass is 35.5. The lowest BCUT2D eigenvalue weighted by atomic mass is 9.83. The molecule has 2 unspecified atom stereocenters. The molecule has 0 radical (unpaired) electrons. The topological polar surface area (TPSA) is 42.2 Å². The van der Waals surface area contributed by atoms with Gasteiger partial charge in [-0.2, -0.15) is 26.3 Å². The van der Waals surface area contributed by atoms with E-state index < -0.39 is 41.4 Å². The first-order valence-electron chi connectivity index (χ1n) is 12.4. The van der Waals surface area contributed by atoms with E-state index in [1.165, 1.54) is 0 Å². The van der Waals surface area contributed by atoms with Crippen LogP contribution in [0, 0.1) is 0 Å². The van der Waals surface area contributed by atoms with Gasteiger partial charge in [0.2, 0.25) is 0 Å². The Bertz CT molecular complexity index is 1380. The fraction of sp³-hybridized carbons (Fsp3) is 0.393. The Balaban J connectivity index is 2.01. The number of hydrogen-bond donors (Lipinski definition) is 1. The molecule has 2 aromatic carbocycles. The molecule has 2 atom stereocenters. The van der Waals surface area contributed by atoms with Gasteiger partial charge in [-0.1, -0.05) is 48.7 Å². The molecule has 1 heterocycles. The van der Waals surface area contributed by atoms with Gasteiger partial charge in [-0.05, 0) is 61.1 Å². The van der Waals surface area contributed by atoms with Crippen molar-refractivity contribution in [2.75, 3.05) is 0 Å². The molecule has 0 saturated carbocycles. The Morgan fingerprint density at radius 3 is 2.36 bits per heavy atom. The number of halogens is 8. The highest BCUT2D eigenvalue weighted by Crippen LogP contribution is 2.47. The van der Waals surface area contributed by atoms with Crippen LogP contribution in [0.3, 0.4) is 0 Å². The fourth-order valence-corrected chi connectivity index (χ4v) is 6.07. The second-order valence-corrected chi connectivity index (χ2v) is 10.6. The average molecular weight is 592 g/mol. The molecule has 3 nitrogen and oxygen atoms in total. The lowest BCUT2D eigenvalue weighted by Crippen LogP contribution is -2.23. The predicted molar refractivity (Wildman–Crippen MR) is 137 cm³/mol. The molecule has 0 saturated heterocycles. The number of fused-ring (bicyclic) bond motifs is 1. The van der Waals surface area contributed by atoms with Crippen molar-refractivity contribution in [3.05, 3.63) is 80.6 Å². The van der Waals surface area contributed by atoms with E-state index in [0.29, 0.717) is 58.6 Å². The lowest BCUT2D eigenvalue weighted by Gasteiger charge is -2.30. The van der Waals surface area contributed by atoms with Crippen LogP contribution in [0.2, 0.25) is 10.0 Å². The van der Waals surface area contributed by atoms with Crippen molar-refractivity contribution in [3.8, 4) is 11.1 Å². The van der Waals surface area contributed by atoms with Crippen molar-refractivity contribution >= 4 is 29.2 Å². The molecule has 0 spiro atoms. The highest BCUT2D eigenvalue weighted by molar-refractivity contribution is 6.36. The Hall–Kier alpha value is -2.65. The van der Waals surface area contributed by atoms with Crippen LogP contribution in [-0.4, -0.2) is 15.6 Å². The lowest BCUT2D eigenvalue weighted by molar-refractivity contribution is -0.143. The monoisotopic (exact) mass is 591 g/mol. The van der Waals surface area contributed by atoms with Gasteiger partial charge in [0.1, 0.15) is 0 Å². The normalized spacial score (nSPS) is 16.7. The van der Waals surface area contributed by atoms with Crippen molar-refractivity contribution in [1.29, 1.82) is 0 Å². The molecule has 210 valence electrons. The first-order valence-corrected chi connectivity index (χ1v) is 13.2. The zero-order chi connectivity index (χ0) is 28.7. The largest absolute Gasteiger partial charge is 0.481 e. The third-order valence-corrected chi connectivity index (χ3v) is 7.68. The number of aromatic nitrogens is 1. The molecule has 0 aliphatic heterocycles. The van der Waals surface area contributed by atoms with Crippen LogP contribution in [0.1, 0.15) is 78.9 Å². The quantitative estimate of drug-likeness (QED) is 0.278. The Labute approximate surface area is 231 Å². The molecule has 0 amide bonds. The summed E-state index contributed by atoms with van der Waals surface area (Å²) in [6.07, 6.45) is -6.23. The molecular weight excluding hydrogens is 567 g/mol. The molecule has 39 heavy (non-hydrogen) atoms. The van der Waals surface area contributed by atoms with Crippen LogP contribution >= 0.6 is 23.2 Å². The minimum Gasteiger partial charge on any atom is -0.481 e. The molecule has 3 aromatic rings. The maximum atomic E-state index is 14.2. The van der Waals surface area contributed by atoms with E-state index in [2.05, 4.69) is 0 Å². The number of nitrogens with zero attached hydrogens (tertiary/aromatic N) is 1. The van der Waals surface area contributed by atoms with Gasteiger partial charge in [0.05, 0.1) is 23.6 Å². The molecule has 4 rings (SSSR count). The average Bonchev–Trinajstić information content (AvgIpc) is 3.21. The third kappa shape index (κ3) is 6.09. The van der Waals surface area contributed by atoms with E-state index in [0.717, 1.165) is 11.6 Å². The van der Waals surface area contributed by atoms with Crippen molar-refractivity contribution in [2.45, 2.75) is 69.8 Å². The first-order chi connectivity index (χ1) is 18.2. The summed E-state index contributed by atoms with van der Waals surface area (Å²) in [6, 6.07) is 5.58. The summed E-state index contributed by atoms with van der Waals surface area (Å²) < 4.78 is 84.3. The first kappa shape index (κ1) is 29.3. The number of alkyl halides is 6. The number of carbonyl (C=O) groups is 1. The number of hydrogen-bond acceptors (Lipinski definition) is 1. The minimum absolute atomic E-state index is 0.152. The second kappa shape index (κ2) is 11.1. The van der Waals surface area contributed by atoms with Gasteiger partial charge in [0.25, 0.3) is 0 Å². The maximum Gasteiger partial charge on any atom is 0.416 e. The van der Waals surface area contributed by atoms with Gasteiger partial charge in [-0.25, -0.2) is 0 Å². The van der Waals surface area contributed by atoms with Crippen LogP contribution in [-0.2, 0) is 23.6 Å². The van der Waals surface area contributed by atoms with E-state index >= 15 is 0 Å². The van der Waals surface area contributed by atoms with Crippen LogP contribution in [0.5, 0.6) is 0 Å². The number of aliphatic carboxylic acids is 1. The Morgan fingerprint density at radius 2 is 1.77 bits per heavy atom. The fourth-order valence-electron chi connectivity index (χ4n) is 5.56. The van der Waals surface area contributed by atoms with Crippen molar-refractivity contribution in [1.82, 2.24) is 4.57 Å². The molecule has 11 heteroatoms. The summed E-state index contributed by atoms with van der Waals surface area (Å²) in [6.45, 7) is 1.77. The smallest absolute Gasteiger partial charge is 0.416 e. The van der Waals surface area contributed by atoms with E-state index in [1.54, 1.807) is 35.9 Å². The minimum atomic E-state index is -5.04. The molecule has 1 aliphatic rings. The number of carboxylic acid groups (broad SMARTS) is 1. The second-order valence-electron chi connectivity index (χ2n) is 9.73. The zero-order valence-corrected chi connectivity index (χ0v) is 22.3. The SMILES string of the molecule is CCCC(c1ccc(C(F)(F)F)cc1C(F)(F)F)n1cc(-c2ccc(Cl)cc2Cl)c2c1C(CC(=O)O)CCC2. The summed E-state index contributed by atoms with van der Waals surface area (Å²) in [5.41, 5.74) is -0.470. The van der Waals surface area contributed by atoms with Gasteiger partial charge >= 0.3 is 18.3 Å². The van der Waals surface area contributed by atoms with Crippen molar-refractivity contribution in [3.63, 3.8) is 0 Å². The van der Waals surface area contributed by atoms with Crippen LogP contribution in [0.15, 0.2) is 42.6 Å². The van der Waals surface area contributed by atoms with E-state index in [4.69, 9.17) is 23.2 Å². The van der Waals surface area contributed by atoms with Gasteiger partial charge in [0, 0.05) is 39.0 Å². The zero-order valence-electron chi connectivity index (χ0n) is 20.8. The Morgan fingerprint density at radius 1 is 1.05 bits per heavy atom. The molecule has 1 aliphatic carbocycles. The van der Waals surface area contributed by atoms with Crippen LogP contribution in [0.4, 0.5) is 26.3 Å². The highest BCUT2D eigenvalue weighted by Gasteiger charge is 2.41. The maximum absolute atomic E-state index is 14.2. The summed E-state index contributed by atoms with van der Waals surface area (Å²) >= 11 is 12.6. The van der Waals surface area contributed by atoms with Crippen LogP contribution < -0.4 is 0 Å². The summed E-state index contributed by atoms with van der Waals surface area (Å²) in [5.74, 6) is -1.54. The third-order valence-electron chi connectivity index (χ3n) is 7.13. The predicted octanol–water partition coefficient (Wildman–Crippen LogP) is 9.78. The van der Waals surface area contributed by atoms with E-state index in [9.17, 15) is 36.2 Å². The van der Waals surface area contributed by atoms with Crippen molar-refractivity contribution in [2.24, 2.45) is 0 Å². The molecule has 1 aromatic heterocycles. The molecule has 0 fully saturated rings. The summed E-state index contributed by atoms with van der Waals surface area (Å²) in [7, 11) is 0. The molecule has 1 N–H and O–H groups in total. The van der Waals surface area contributed by atoms with Gasteiger partial charge in [0.15, 0.2) is 0 Å². The summed E-state index contributed by atoms with van der Waals surface area (Å²) in [4.78, 5) is 11.7. The summed E-state index contributed by atoms with van der Waals surface area (Å²) in [5, 5.41) is 10.3. The molecule has 0 bridgehead atoms. The van der Waals surface area contributed by atoms with Gasteiger partial charge in [-0.15, -0.1) is 0 Å². The standard InChI is InChI=1S/C28H25Cl2F6NO2/c1-2-4-24(20-9-7-16(27(31,32)33)12-22(20)28(34,35)36)37-14-21(18-10-8-17(29)13-23(18)30)19-6-3-5-15(26(19)37)11-25(38)39/h7-10,12-15,24H,2-6,11H2,1H3,(H,38,39). The number of rotatable bonds is 7.